The lowest BCUT2D eigenvalue weighted by molar-refractivity contribution is -0.141. The number of hydrogen-bond donors (Lipinski definition) is 2. The normalized spacial score (nSPS) is 12.1. The summed E-state index contributed by atoms with van der Waals surface area (Å²) in [6.07, 6.45) is 1.50. The molecule has 0 aliphatic carbocycles. The lowest BCUT2D eigenvalue weighted by atomic mass is 10.3. The summed E-state index contributed by atoms with van der Waals surface area (Å²) in [5, 5.41) is 13.1. The maximum absolute atomic E-state index is 10.7. The minimum absolute atomic E-state index is 0.378. The molecule has 1 amide bonds. The van der Waals surface area contributed by atoms with Crippen LogP contribution < -0.4 is 5.32 Å². The number of hydrogen-bond acceptors (Lipinski definition) is 4. The molecule has 6 heteroatoms. The summed E-state index contributed by atoms with van der Waals surface area (Å²) in [6.45, 7) is 1.27. The Labute approximate surface area is 78.4 Å². The van der Waals surface area contributed by atoms with Crippen LogP contribution in [-0.4, -0.2) is 22.0 Å². The maximum Gasteiger partial charge on any atom is 0.333 e. The van der Waals surface area contributed by atoms with Gasteiger partial charge in [0.25, 0.3) is 0 Å². The molecule has 0 spiro atoms. The van der Waals surface area contributed by atoms with Gasteiger partial charge in [-0.25, -0.2) is 9.78 Å². The summed E-state index contributed by atoms with van der Waals surface area (Å²) in [4.78, 5) is 25.2. The van der Waals surface area contributed by atoms with Crippen molar-refractivity contribution in [2.45, 2.75) is 13.0 Å². The van der Waals surface area contributed by atoms with Gasteiger partial charge in [-0.2, -0.15) is 0 Å². The predicted octanol–water partition coefficient (Wildman–Crippen LogP) is 0.405. The molecular weight excluding hydrogens is 192 g/mol. The minimum atomic E-state index is -1.11. The highest BCUT2D eigenvalue weighted by Crippen LogP contribution is 2.15. The van der Waals surface area contributed by atoms with Crippen molar-refractivity contribution < 1.29 is 14.7 Å². The van der Waals surface area contributed by atoms with Gasteiger partial charge in [-0.3, -0.25) is 4.79 Å². The fourth-order valence-electron chi connectivity index (χ4n) is 0.809. The Morgan fingerprint density at radius 3 is 2.77 bits per heavy atom. The smallest absolute Gasteiger partial charge is 0.333 e. The third kappa shape index (κ3) is 2.51. The van der Waals surface area contributed by atoms with Gasteiger partial charge in [0, 0.05) is 18.5 Å². The Bertz CT molecular complexity index is 310. The van der Waals surface area contributed by atoms with Crippen molar-refractivity contribution >= 4 is 23.2 Å². The lowest BCUT2D eigenvalue weighted by Crippen LogP contribution is -2.31. The molecule has 1 rings (SSSR count). The molecule has 0 fully saturated rings. The SMILES string of the molecule is CC(=O)NC(C(=O)O)c1nccs1. The number of aromatic nitrogens is 1. The zero-order valence-corrected chi connectivity index (χ0v) is 7.67. The number of nitrogens with one attached hydrogen (secondary N) is 1. The van der Waals surface area contributed by atoms with Crippen molar-refractivity contribution in [1.82, 2.24) is 10.3 Å². The molecule has 1 unspecified atom stereocenters. The van der Waals surface area contributed by atoms with Crippen molar-refractivity contribution in [3.63, 3.8) is 0 Å². The van der Waals surface area contributed by atoms with Crippen molar-refractivity contribution in [3.8, 4) is 0 Å². The second-order valence-electron chi connectivity index (χ2n) is 2.34. The van der Waals surface area contributed by atoms with E-state index in [1.165, 1.54) is 24.5 Å². The minimum Gasteiger partial charge on any atom is -0.479 e. The molecule has 0 bridgehead atoms. The number of rotatable bonds is 3. The van der Waals surface area contributed by atoms with Gasteiger partial charge in [0.1, 0.15) is 5.01 Å². The number of amides is 1. The van der Waals surface area contributed by atoms with Crippen LogP contribution in [0.25, 0.3) is 0 Å². The van der Waals surface area contributed by atoms with Gasteiger partial charge < -0.3 is 10.4 Å². The van der Waals surface area contributed by atoms with Crippen molar-refractivity contribution in [1.29, 1.82) is 0 Å². The summed E-state index contributed by atoms with van der Waals surface area (Å²) >= 11 is 1.19. The van der Waals surface area contributed by atoms with Crippen molar-refractivity contribution in [2.75, 3.05) is 0 Å². The molecule has 0 aromatic carbocycles. The summed E-state index contributed by atoms with van der Waals surface area (Å²) in [7, 11) is 0. The van der Waals surface area contributed by atoms with Crippen LogP contribution in [0.15, 0.2) is 11.6 Å². The molecule has 1 aromatic rings. The second-order valence-corrected chi connectivity index (χ2v) is 3.27. The van der Waals surface area contributed by atoms with Crippen LogP contribution in [-0.2, 0) is 9.59 Å². The van der Waals surface area contributed by atoms with Crippen molar-refractivity contribution in [2.24, 2.45) is 0 Å². The third-order valence-electron chi connectivity index (χ3n) is 1.29. The number of carboxylic acid groups (broad SMARTS) is 1. The average molecular weight is 200 g/mol. The van der Waals surface area contributed by atoms with Crippen LogP contribution in [0.2, 0.25) is 0 Å². The van der Waals surface area contributed by atoms with Gasteiger partial charge >= 0.3 is 5.97 Å². The zero-order valence-electron chi connectivity index (χ0n) is 6.85. The number of thiazole rings is 1. The van der Waals surface area contributed by atoms with Gasteiger partial charge in [-0.15, -0.1) is 11.3 Å². The molecule has 13 heavy (non-hydrogen) atoms. The summed E-state index contributed by atoms with van der Waals surface area (Å²) < 4.78 is 0. The predicted molar refractivity (Wildman–Crippen MR) is 46.3 cm³/mol. The van der Waals surface area contributed by atoms with E-state index in [0.717, 1.165) is 0 Å². The molecule has 70 valence electrons. The Balaban J connectivity index is 2.81. The second kappa shape index (κ2) is 3.99. The van der Waals surface area contributed by atoms with Crippen LogP contribution in [0.3, 0.4) is 0 Å². The first-order valence-corrected chi connectivity index (χ1v) is 4.38. The Hall–Kier alpha value is -1.43. The standard InChI is InChI=1S/C7H8N2O3S/c1-4(10)9-5(7(11)12)6-8-2-3-13-6/h2-3,5H,1H3,(H,9,10)(H,11,12). The highest BCUT2D eigenvalue weighted by molar-refractivity contribution is 7.09. The van der Waals surface area contributed by atoms with Gasteiger partial charge in [0.2, 0.25) is 5.91 Å². The highest BCUT2D eigenvalue weighted by atomic mass is 32.1. The molecule has 0 saturated heterocycles. The van der Waals surface area contributed by atoms with Crippen molar-refractivity contribution in [3.05, 3.63) is 16.6 Å². The largest absolute Gasteiger partial charge is 0.479 e. The Morgan fingerprint density at radius 1 is 1.69 bits per heavy atom. The summed E-state index contributed by atoms with van der Waals surface area (Å²) in [5.74, 6) is -1.49. The molecule has 0 aliphatic heterocycles. The number of carbonyl (C=O) groups excluding carboxylic acids is 1. The van der Waals surface area contributed by atoms with Gasteiger partial charge in [-0.05, 0) is 0 Å². The number of carbonyl (C=O) groups is 2. The molecular formula is C7H8N2O3S. The summed E-state index contributed by atoms with van der Waals surface area (Å²) in [6, 6.07) is -1.03. The number of nitrogens with zero attached hydrogens (tertiary/aromatic N) is 1. The fourth-order valence-corrected chi connectivity index (χ4v) is 1.49. The molecule has 5 nitrogen and oxygen atoms in total. The number of carboxylic acids is 1. The van der Waals surface area contributed by atoms with E-state index >= 15 is 0 Å². The van der Waals surface area contributed by atoms with E-state index in [-0.39, 0.29) is 5.91 Å². The summed E-state index contributed by atoms with van der Waals surface area (Å²) in [5.41, 5.74) is 0. The van der Waals surface area contributed by atoms with E-state index in [4.69, 9.17) is 5.11 Å². The van der Waals surface area contributed by atoms with Gasteiger partial charge in [0.05, 0.1) is 0 Å². The fraction of sp³-hybridized carbons (Fsp3) is 0.286. The maximum atomic E-state index is 10.7. The van der Waals surface area contributed by atoms with E-state index < -0.39 is 12.0 Å². The first-order chi connectivity index (χ1) is 6.11. The molecule has 0 saturated carbocycles. The van der Waals surface area contributed by atoms with Crippen LogP contribution >= 0.6 is 11.3 Å². The molecule has 0 radical (unpaired) electrons. The van der Waals surface area contributed by atoms with E-state index in [1.54, 1.807) is 5.38 Å². The van der Waals surface area contributed by atoms with Crippen LogP contribution in [0.4, 0.5) is 0 Å². The Kier molecular flexibility index (Phi) is 2.97. The van der Waals surface area contributed by atoms with Gasteiger partial charge in [-0.1, -0.05) is 0 Å². The molecule has 0 aliphatic rings. The zero-order chi connectivity index (χ0) is 9.84. The van der Waals surface area contributed by atoms with E-state index in [0.29, 0.717) is 5.01 Å². The first kappa shape index (κ1) is 9.66. The molecule has 1 atom stereocenters. The highest BCUT2D eigenvalue weighted by Gasteiger charge is 2.22. The molecule has 1 aromatic heterocycles. The number of aliphatic carboxylic acids is 1. The topological polar surface area (TPSA) is 79.3 Å². The monoisotopic (exact) mass is 200 g/mol. The first-order valence-electron chi connectivity index (χ1n) is 3.50. The quantitative estimate of drug-likeness (QED) is 0.740. The molecule has 1 heterocycles. The average Bonchev–Trinajstić information content (AvgIpc) is 2.50. The third-order valence-corrected chi connectivity index (χ3v) is 2.13. The van der Waals surface area contributed by atoms with Crippen LogP contribution in [0.1, 0.15) is 18.0 Å². The molecule has 2 N–H and O–H groups in total. The van der Waals surface area contributed by atoms with E-state index in [1.807, 2.05) is 0 Å². The lowest BCUT2D eigenvalue weighted by Gasteiger charge is -2.09. The van der Waals surface area contributed by atoms with Crippen LogP contribution in [0, 0.1) is 0 Å². The Morgan fingerprint density at radius 2 is 2.38 bits per heavy atom. The van der Waals surface area contributed by atoms with E-state index in [9.17, 15) is 9.59 Å². The van der Waals surface area contributed by atoms with E-state index in [2.05, 4.69) is 10.3 Å². The van der Waals surface area contributed by atoms with Gasteiger partial charge in [0.15, 0.2) is 6.04 Å². The van der Waals surface area contributed by atoms with Crippen LogP contribution in [0.5, 0.6) is 0 Å².